The van der Waals surface area contributed by atoms with Crippen LogP contribution in [-0.4, -0.2) is 37.2 Å². The van der Waals surface area contributed by atoms with Crippen LogP contribution in [0.1, 0.15) is 28.9 Å². The monoisotopic (exact) mass is 359 g/mol. The van der Waals surface area contributed by atoms with E-state index >= 15 is 0 Å². The Morgan fingerprint density at radius 1 is 1.11 bits per heavy atom. The highest BCUT2D eigenvalue weighted by Crippen LogP contribution is 2.26. The van der Waals surface area contributed by atoms with Gasteiger partial charge in [0.1, 0.15) is 12.7 Å². The van der Waals surface area contributed by atoms with E-state index in [-0.39, 0.29) is 11.9 Å². The van der Waals surface area contributed by atoms with Crippen LogP contribution in [0.25, 0.3) is 16.6 Å². The van der Waals surface area contributed by atoms with Gasteiger partial charge in [-0.2, -0.15) is 5.10 Å². The van der Waals surface area contributed by atoms with Crippen LogP contribution < -0.4 is 0 Å². The first kappa shape index (κ1) is 17.0. The molecule has 1 amide bonds. The van der Waals surface area contributed by atoms with Gasteiger partial charge in [-0.15, -0.1) is 0 Å². The van der Waals surface area contributed by atoms with Gasteiger partial charge in [-0.25, -0.2) is 9.67 Å². The molecule has 0 aliphatic heterocycles. The minimum Gasteiger partial charge on any atom is -0.350 e. The van der Waals surface area contributed by atoms with Gasteiger partial charge in [0.15, 0.2) is 0 Å². The lowest BCUT2D eigenvalue weighted by Crippen LogP contribution is -2.29. The van der Waals surface area contributed by atoms with Gasteiger partial charge in [-0.1, -0.05) is 30.3 Å². The number of benzene rings is 2. The summed E-state index contributed by atoms with van der Waals surface area (Å²) in [6.45, 7) is 2.04. The molecule has 2 aromatic carbocycles. The van der Waals surface area contributed by atoms with Crippen LogP contribution in [0.5, 0.6) is 0 Å². The molecule has 6 nitrogen and oxygen atoms in total. The first-order valence-corrected chi connectivity index (χ1v) is 8.82. The van der Waals surface area contributed by atoms with Crippen LogP contribution in [0.4, 0.5) is 0 Å². The van der Waals surface area contributed by atoms with Crippen molar-refractivity contribution in [3.63, 3.8) is 0 Å². The van der Waals surface area contributed by atoms with Crippen molar-refractivity contribution < 1.29 is 4.79 Å². The summed E-state index contributed by atoms with van der Waals surface area (Å²) in [5, 5.41) is 5.11. The summed E-state index contributed by atoms with van der Waals surface area (Å²) in [6.07, 6.45) is 5.08. The molecule has 0 saturated carbocycles. The summed E-state index contributed by atoms with van der Waals surface area (Å²) in [4.78, 5) is 18.9. The number of carbonyl (C=O) groups excluding carboxylic acids is 1. The number of fused-ring (bicyclic) bond motifs is 1. The highest BCUT2D eigenvalue weighted by atomic mass is 16.2. The van der Waals surface area contributed by atoms with Crippen LogP contribution in [-0.2, 0) is 7.05 Å². The zero-order valence-corrected chi connectivity index (χ0v) is 15.6. The topological polar surface area (TPSA) is 56.0 Å². The third kappa shape index (κ3) is 2.99. The minimum absolute atomic E-state index is 0.0136. The second-order valence-corrected chi connectivity index (χ2v) is 6.69. The van der Waals surface area contributed by atoms with Crippen molar-refractivity contribution in [3.8, 4) is 5.69 Å². The van der Waals surface area contributed by atoms with E-state index in [9.17, 15) is 4.79 Å². The Morgan fingerprint density at radius 3 is 2.56 bits per heavy atom. The van der Waals surface area contributed by atoms with E-state index in [1.807, 2.05) is 80.3 Å². The number of amides is 1. The van der Waals surface area contributed by atoms with Crippen LogP contribution >= 0.6 is 0 Å². The van der Waals surface area contributed by atoms with Gasteiger partial charge in [0.2, 0.25) is 0 Å². The maximum atomic E-state index is 13.1. The maximum absolute atomic E-state index is 13.1. The lowest BCUT2D eigenvalue weighted by atomic mass is 10.1. The normalized spacial score (nSPS) is 12.3. The molecule has 0 aliphatic rings. The fourth-order valence-corrected chi connectivity index (χ4v) is 3.35. The van der Waals surface area contributed by atoms with E-state index in [1.54, 1.807) is 15.9 Å². The molecule has 2 heterocycles. The first-order chi connectivity index (χ1) is 13.1. The molecule has 4 rings (SSSR count). The quantitative estimate of drug-likeness (QED) is 0.559. The van der Waals surface area contributed by atoms with Gasteiger partial charge in [-0.3, -0.25) is 4.79 Å². The second kappa shape index (κ2) is 6.72. The van der Waals surface area contributed by atoms with Crippen LogP contribution in [0.15, 0.2) is 67.4 Å². The summed E-state index contributed by atoms with van der Waals surface area (Å²) >= 11 is 0. The molecular formula is C21H21N5O. The molecule has 6 heteroatoms. The van der Waals surface area contributed by atoms with Crippen LogP contribution in [0, 0.1) is 0 Å². The summed E-state index contributed by atoms with van der Waals surface area (Å²) in [5.74, 6) is 0.0136. The number of aromatic nitrogens is 4. The predicted molar refractivity (Wildman–Crippen MR) is 105 cm³/mol. The molecule has 0 N–H and O–H groups in total. The number of hydrogen-bond acceptors (Lipinski definition) is 3. The summed E-state index contributed by atoms with van der Waals surface area (Å²) in [6, 6.07) is 15.9. The smallest absolute Gasteiger partial charge is 0.256 e. The summed E-state index contributed by atoms with van der Waals surface area (Å²) in [5.41, 5.74) is 3.78. The van der Waals surface area contributed by atoms with Gasteiger partial charge in [0.05, 0.1) is 17.3 Å². The number of carbonyl (C=O) groups is 1. The van der Waals surface area contributed by atoms with Crippen molar-refractivity contribution in [2.75, 3.05) is 7.05 Å². The molecule has 136 valence electrons. The Balaban J connectivity index is 1.59. The van der Waals surface area contributed by atoms with Crippen molar-refractivity contribution in [1.29, 1.82) is 0 Å². The zero-order valence-electron chi connectivity index (χ0n) is 15.6. The Hall–Kier alpha value is -3.41. The second-order valence-electron chi connectivity index (χ2n) is 6.69. The molecule has 0 spiro atoms. The average Bonchev–Trinajstić information content (AvgIpc) is 3.35. The highest BCUT2D eigenvalue weighted by Gasteiger charge is 2.22. The first-order valence-electron chi connectivity index (χ1n) is 8.82. The standard InChI is InChI=1S/C21H21N5O/c1-15(16-8-10-17(11-9-16)26-14-22-13-23-26)25(3)21(27)19-12-24(2)20-7-5-4-6-18(19)20/h4-15H,1-3H3/t15-/m1/s1. The molecular weight excluding hydrogens is 338 g/mol. The molecule has 2 aromatic heterocycles. The van der Waals surface area contributed by atoms with E-state index < -0.39 is 0 Å². The Kier molecular flexibility index (Phi) is 4.24. The third-order valence-electron chi connectivity index (χ3n) is 5.09. The van der Waals surface area contributed by atoms with E-state index in [2.05, 4.69) is 10.1 Å². The summed E-state index contributed by atoms with van der Waals surface area (Å²) < 4.78 is 3.70. The molecule has 0 bridgehead atoms. The SMILES string of the molecule is C[C@H](c1ccc(-n2cncn2)cc1)N(C)C(=O)c1cn(C)c2ccccc12. The Bertz CT molecular complexity index is 1080. The molecule has 0 unspecified atom stereocenters. The number of para-hydroxylation sites is 1. The molecule has 1 atom stereocenters. The molecule has 0 aliphatic carbocycles. The van der Waals surface area contributed by atoms with Gasteiger partial charge in [0, 0.05) is 31.2 Å². The van der Waals surface area contributed by atoms with Crippen molar-refractivity contribution in [2.24, 2.45) is 7.05 Å². The van der Waals surface area contributed by atoms with E-state index in [0.717, 1.165) is 27.7 Å². The fraction of sp³-hybridized carbons (Fsp3) is 0.190. The lowest BCUT2D eigenvalue weighted by Gasteiger charge is -2.25. The third-order valence-corrected chi connectivity index (χ3v) is 5.09. The molecule has 0 radical (unpaired) electrons. The van der Waals surface area contributed by atoms with Crippen molar-refractivity contribution in [3.05, 3.63) is 78.5 Å². The number of rotatable bonds is 4. The van der Waals surface area contributed by atoms with E-state index in [4.69, 9.17) is 0 Å². The van der Waals surface area contributed by atoms with Gasteiger partial charge in [-0.05, 0) is 30.7 Å². The highest BCUT2D eigenvalue weighted by molar-refractivity contribution is 6.07. The van der Waals surface area contributed by atoms with Gasteiger partial charge >= 0.3 is 0 Å². The van der Waals surface area contributed by atoms with Gasteiger partial charge < -0.3 is 9.47 Å². The zero-order chi connectivity index (χ0) is 19.0. The number of hydrogen-bond donors (Lipinski definition) is 0. The molecule has 0 fully saturated rings. The van der Waals surface area contributed by atoms with Crippen LogP contribution in [0.2, 0.25) is 0 Å². The van der Waals surface area contributed by atoms with E-state index in [1.165, 1.54) is 6.33 Å². The Labute approximate surface area is 157 Å². The van der Waals surface area contributed by atoms with E-state index in [0.29, 0.717) is 0 Å². The predicted octanol–water partition coefficient (Wildman–Crippen LogP) is 3.59. The molecule has 0 saturated heterocycles. The largest absolute Gasteiger partial charge is 0.350 e. The maximum Gasteiger partial charge on any atom is 0.256 e. The van der Waals surface area contributed by atoms with Crippen LogP contribution in [0.3, 0.4) is 0 Å². The number of nitrogens with zero attached hydrogens (tertiary/aromatic N) is 5. The lowest BCUT2D eigenvalue weighted by molar-refractivity contribution is 0.0744. The molecule has 27 heavy (non-hydrogen) atoms. The van der Waals surface area contributed by atoms with Gasteiger partial charge in [0.25, 0.3) is 5.91 Å². The van der Waals surface area contributed by atoms with Crippen molar-refractivity contribution >= 4 is 16.8 Å². The Morgan fingerprint density at radius 2 is 1.85 bits per heavy atom. The summed E-state index contributed by atoms with van der Waals surface area (Å²) in [7, 11) is 3.81. The fourth-order valence-electron chi connectivity index (χ4n) is 3.35. The molecule has 4 aromatic rings. The average molecular weight is 359 g/mol. The van der Waals surface area contributed by atoms with Crippen molar-refractivity contribution in [2.45, 2.75) is 13.0 Å². The minimum atomic E-state index is -0.0544. The van der Waals surface area contributed by atoms with Crippen molar-refractivity contribution in [1.82, 2.24) is 24.2 Å². The number of aryl methyl sites for hydroxylation is 1.